The number of rotatable bonds is 10. The number of aliphatic hydroxyl groups is 1. The topological polar surface area (TPSA) is 91.1 Å². The van der Waals surface area contributed by atoms with Crippen LogP contribution in [0.2, 0.25) is 0 Å². The maximum absolute atomic E-state index is 14.1. The molecule has 9 nitrogen and oxygen atoms in total. The van der Waals surface area contributed by atoms with Gasteiger partial charge < -0.3 is 14.7 Å². The van der Waals surface area contributed by atoms with Gasteiger partial charge in [0.25, 0.3) is 0 Å². The molecule has 1 aromatic carbocycles. The van der Waals surface area contributed by atoms with Crippen LogP contribution in [0.25, 0.3) is 11.3 Å². The lowest BCUT2D eigenvalue weighted by Crippen LogP contribution is -2.45. The van der Waals surface area contributed by atoms with E-state index < -0.39 is 27.9 Å². The number of aromatic nitrogens is 2. The first kappa shape index (κ1) is 34.2. The standard InChI is InChI=1S/C32H46F3N5O4S2/c1-46(42,43)39-11-9-29-27(22-39)31(36-40(29)21-26(41)20-38-10-8-23-4-2-3-5-25(23)19-38)24-6-7-28(32(33,34)35)30(18-24)45-17-14-37-12-15-44-16-13-37/h6-7,18,23,25-26,41H,2-5,8-17,19-22H2,1H3. The van der Waals surface area contributed by atoms with Crippen LogP contribution in [0.5, 0.6) is 0 Å². The van der Waals surface area contributed by atoms with Crippen molar-refractivity contribution in [1.82, 2.24) is 23.9 Å². The van der Waals surface area contributed by atoms with Crippen molar-refractivity contribution in [2.24, 2.45) is 11.8 Å². The molecule has 3 aliphatic heterocycles. The van der Waals surface area contributed by atoms with Gasteiger partial charge in [-0.2, -0.15) is 22.6 Å². The first-order valence-electron chi connectivity index (χ1n) is 16.5. The fourth-order valence-corrected chi connectivity index (χ4v) is 9.57. The van der Waals surface area contributed by atoms with E-state index in [2.05, 4.69) is 9.80 Å². The zero-order chi connectivity index (χ0) is 32.5. The number of benzene rings is 1. The van der Waals surface area contributed by atoms with Crippen LogP contribution < -0.4 is 0 Å². The van der Waals surface area contributed by atoms with Gasteiger partial charge in [-0.05, 0) is 43.4 Å². The van der Waals surface area contributed by atoms with Gasteiger partial charge in [0.1, 0.15) is 0 Å². The molecule has 46 heavy (non-hydrogen) atoms. The zero-order valence-corrected chi connectivity index (χ0v) is 28.2. The number of ether oxygens (including phenoxy) is 1. The predicted octanol–water partition coefficient (Wildman–Crippen LogP) is 4.18. The van der Waals surface area contributed by atoms with E-state index in [1.807, 2.05) is 0 Å². The maximum Gasteiger partial charge on any atom is 0.417 e. The Balaban J connectivity index is 1.24. The Bertz CT molecular complexity index is 1460. The number of nitrogens with zero attached hydrogens (tertiary/aromatic N) is 5. The van der Waals surface area contributed by atoms with E-state index in [1.54, 1.807) is 10.7 Å². The summed E-state index contributed by atoms with van der Waals surface area (Å²) in [5.41, 5.74) is 1.83. The first-order valence-corrected chi connectivity index (χ1v) is 19.4. The van der Waals surface area contributed by atoms with E-state index in [-0.39, 0.29) is 24.5 Å². The number of β-amino-alcohol motifs (C(OH)–C–C–N with tert-alkyl or cyclic N) is 1. The molecule has 4 heterocycles. The Morgan fingerprint density at radius 1 is 1.04 bits per heavy atom. The van der Waals surface area contributed by atoms with Crippen molar-refractivity contribution in [1.29, 1.82) is 0 Å². The molecule has 3 fully saturated rings. The van der Waals surface area contributed by atoms with Crippen molar-refractivity contribution < 1.29 is 31.4 Å². The molecule has 0 bridgehead atoms. The van der Waals surface area contributed by atoms with Gasteiger partial charge in [-0.15, -0.1) is 11.8 Å². The van der Waals surface area contributed by atoms with Crippen LogP contribution in [0.4, 0.5) is 13.2 Å². The van der Waals surface area contributed by atoms with Crippen LogP contribution in [0, 0.1) is 11.8 Å². The molecule has 0 radical (unpaired) electrons. The molecule has 14 heteroatoms. The lowest BCUT2D eigenvalue weighted by molar-refractivity contribution is -0.139. The monoisotopic (exact) mass is 685 g/mol. The summed E-state index contributed by atoms with van der Waals surface area (Å²) in [4.78, 5) is 4.67. The molecule has 4 aliphatic rings. The smallest absolute Gasteiger partial charge is 0.390 e. The summed E-state index contributed by atoms with van der Waals surface area (Å²) in [5.74, 6) is 1.98. The van der Waals surface area contributed by atoms with Gasteiger partial charge in [-0.25, -0.2) is 8.42 Å². The minimum absolute atomic E-state index is 0.0926. The van der Waals surface area contributed by atoms with Crippen molar-refractivity contribution in [3.8, 4) is 11.3 Å². The Morgan fingerprint density at radius 3 is 2.54 bits per heavy atom. The van der Waals surface area contributed by atoms with Crippen LogP contribution >= 0.6 is 11.8 Å². The van der Waals surface area contributed by atoms with E-state index in [1.165, 1.54) is 60.5 Å². The summed E-state index contributed by atoms with van der Waals surface area (Å²) in [7, 11) is -3.49. The highest BCUT2D eigenvalue weighted by molar-refractivity contribution is 7.99. The van der Waals surface area contributed by atoms with Crippen LogP contribution in [0.1, 0.15) is 48.9 Å². The van der Waals surface area contributed by atoms with Gasteiger partial charge in [-0.3, -0.25) is 9.58 Å². The van der Waals surface area contributed by atoms with Crippen LogP contribution in [0.3, 0.4) is 0 Å². The highest BCUT2D eigenvalue weighted by Crippen LogP contribution is 2.41. The number of sulfonamides is 1. The molecular weight excluding hydrogens is 640 g/mol. The van der Waals surface area contributed by atoms with Crippen LogP contribution in [0.15, 0.2) is 23.1 Å². The quantitative estimate of drug-likeness (QED) is 0.373. The minimum Gasteiger partial charge on any atom is -0.390 e. The Hall–Kier alpha value is -1.68. The molecule has 1 saturated carbocycles. The second-order valence-electron chi connectivity index (χ2n) is 13.3. The fraction of sp³-hybridized carbons (Fsp3) is 0.719. The van der Waals surface area contributed by atoms with E-state index in [0.29, 0.717) is 61.2 Å². The average molecular weight is 686 g/mol. The summed E-state index contributed by atoms with van der Waals surface area (Å²) in [6, 6.07) is 4.09. The van der Waals surface area contributed by atoms with Crippen molar-refractivity contribution in [3.63, 3.8) is 0 Å². The van der Waals surface area contributed by atoms with E-state index in [0.717, 1.165) is 43.9 Å². The van der Waals surface area contributed by atoms with Gasteiger partial charge in [-0.1, -0.05) is 25.3 Å². The number of hydrogen-bond acceptors (Lipinski definition) is 8. The number of piperidine rings is 1. The summed E-state index contributed by atoms with van der Waals surface area (Å²) in [6.45, 7) is 6.56. The van der Waals surface area contributed by atoms with Crippen molar-refractivity contribution in [2.45, 2.75) is 68.8 Å². The molecule has 3 unspecified atom stereocenters. The lowest BCUT2D eigenvalue weighted by Gasteiger charge is -2.41. The van der Waals surface area contributed by atoms with Gasteiger partial charge in [0, 0.05) is 79.7 Å². The van der Waals surface area contributed by atoms with Crippen molar-refractivity contribution in [2.75, 3.05) is 71.0 Å². The number of alkyl halides is 3. The molecular formula is C32H46F3N5O4S2. The van der Waals surface area contributed by atoms with Crippen molar-refractivity contribution >= 4 is 21.8 Å². The molecule has 0 amide bonds. The minimum atomic E-state index is -4.51. The molecule has 1 aromatic heterocycles. The SMILES string of the molecule is CS(=O)(=O)N1CCc2c(c(-c3ccc(C(F)(F)F)c(SCCN4CCOCC4)c3)nn2CC(O)CN2CCC3CCCCC3C2)C1. The molecule has 2 aromatic rings. The highest BCUT2D eigenvalue weighted by Gasteiger charge is 2.36. The van der Waals surface area contributed by atoms with Gasteiger partial charge in [0.05, 0.1) is 43.4 Å². The third-order valence-corrected chi connectivity index (χ3v) is 12.4. The number of halogens is 3. The summed E-state index contributed by atoms with van der Waals surface area (Å²) < 4.78 is 75.8. The normalized spacial score (nSPS) is 24.5. The Kier molecular flexibility index (Phi) is 10.7. The van der Waals surface area contributed by atoms with Crippen LogP contribution in [-0.2, 0) is 40.4 Å². The molecule has 0 spiro atoms. The second-order valence-corrected chi connectivity index (χ2v) is 16.4. The first-order chi connectivity index (χ1) is 22.0. The molecule has 3 atom stereocenters. The molecule has 1 N–H and O–H groups in total. The number of likely N-dealkylation sites (tertiary alicyclic amines) is 1. The molecule has 1 aliphatic carbocycles. The van der Waals surface area contributed by atoms with Crippen LogP contribution in [-0.4, -0.2) is 115 Å². The lowest BCUT2D eigenvalue weighted by atomic mass is 9.75. The summed E-state index contributed by atoms with van der Waals surface area (Å²) in [6.07, 6.45) is 2.73. The third-order valence-electron chi connectivity index (χ3n) is 10.1. The Morgan fingerprint density at radius 2 is 1.80 bits per heavy atom. The average Bonchev–Trinajstić information content (AvgIpc) is 3.38. The molecule has 6 rings (SSSR count). The molecule has 256 valence electrons. The number of hydrogen-bond donors (Lipinski definition) is 1. The van der Waals surface area contributed by atoms with E-state index in [9.17, 15) is 26.7 Å². The number of thioether (sulfide) groups is 1. The fourth-order valence-electron chi connectivity index (χ4n) is 7.66. The maximum atomic E-state index is 14.1. The number of fused-ring (bicyclic) bond motifs is 2. The van der Waals surface area contributed by atoms with E-state index in [4.69, 9.17) is 9.84 Å². The molecule has 2 saturated heterocycles. The van der Waals surface area contributed by atoms with Gasteiger partial charge >= 0.3 is 6.18 Å². The summed E-state index contributed by atoms with van der Waals surface area (Å²) >= 11 is 1.17. The highest BCUT2D eigenvalue weighted by atomic mass is 32.2. The van der Waals surface area contributed by atoms with E-state index >= 15 is 0 Å². The summed E-state index contributed by atoms with van der Waals surface area (Å²) in [5, 5.41) is 16.1. The second kappa shape index (κ2) is 14.4. The van der Waals surface area contributed by atoms with Crippen molar-refractivity contribution in [3.05, 3.63) is 35.0 Å². The number of aliphatic hydroxyl groups excluding tert-OH is 1. The predicted molar refractivity (Wildman–Crippen MR) is 172 cm³/mol. The Labute approximate surface area is 274 Å². The largest absolute Gasteiger partial charge is 0.417 e. The van der Waals surface area contributed by atoms with Gasteiger partial charge in [0.2, 0.25) is 10.0 Å². The van der Waals surface area contributed by atoms with Gasteiger partial charge in [0.15, 0.2) is 0 Å². The third kappa shape index (κ3) is 8.12. The zero-order valence-electron chi connectivity index (χ0n) is 26.6. The number of morpholine rings is 1.